The van der Waals surface area contributed by atoms with Gasteiger partial charge in [-0.2, -0.15) is 0 Å². The van der Waals surface area contributed by atoms with Gasteiger partial charge in [0.05, 0.1) is 23.6 Å². The van der Waals surface area contributed by atoms with Crippen LogP contribution >= 0.6 is 0 Å². The van der Waals surface area contributed by atoms with Crippen LogP contribution in [0, 0.1) is 0 Å². The smallest absolute Gasteiger partial charge is 0.337 e. The van der Waals surface area contributed by atoms with E-state index >= 15 is 0 Å². The number of esters is 1. The van der Waals surface area contributed by atoms with Crippen LogP contribution in [0.25, 0.3) is 22.3 Å². The number of nitrogens with one attached hydrogen (secondary N) is 1. The van der Waals surface area contributed by atoms with Crippen LogP contribution in [0.1, 0.15) is 63.5 Å². The van der Waals surface area contributed by atoms with Gasteiger partial charge in [-0.1, -0.05) is 51.7 Å². The Kier molecular flexibility index (Phi) is 10.5. The van der Waals surface area contributed by atoms with Crippen LogP contribution in [-0.4, -0.2) is 69.1 Å². The lowest BCUT2D eigenvalue weighted by atomic mass is 9.98. The zero-order valence-corrected chi connectivity index (χ0v) is 23.8. The molecule has 0 saturated carbocycles. The molecule has 0 amide bonds. The number of aryl methyl sites for hydroxylation is 2. The van der Waals surface area contributed by atoms with E-state index in [9.17, 15) is 24.9 Å². The number of aliphatic hydroxyl groups is 3. The van der Waals surface area contributed by atoms with Crippen molar-refractivity contribution in [1.29, 1.82) is 0 Å². The summed E-state index contributed by atoms with van der Waals surface area (Å²) in [6, 6.07) is 11.1. The van der Waals surface area contributed by atoms with Gasteiger partial charge < -0.3 is 34.5 Å². The Bertz CT molecular complexity index is 1390. The van der Waals surface area contributed by atoms with Crippen LogP contribution in [-0.2, 0) is 27.1 Å². The van der Waals surface area contributed by atoms with Crippen molar-refractivity contribution in [2.75, 3.05) is 7.11 Å². The molecular weight excluding hydrogens is 528 g/mol. The number of aromatic amines is 1. The maximum atomic E-state index is 13.2. The third-order valence-corrected chi connectivity index (χ3v) is 7.45. The van der Waals surface area contributed by atoms with E-state index in [4.69, 9.17) is 14.5 Å². The molecule has 1 saturated heterocycles. The fourth-order valence-electron chi connectivity index (χ4n) is 5.03. The lowest BCUT2D eigenvalue weighted by molar-refractivity contribution is -0.271. The molecule has 1 aromatic heterocycles. The molecule has 3 aromatic rings. The van der Waals surface area contributed by atoms with Gasteiger partial charge >= 0.3 is 5.97 Å². The van der Waals surface area contributed by atoms with E-state index in [-0.39, 0.29) is 17.1 Å². The van der Waals surface area contributed by atoms with Crippen molar-refractivity contribution in [2.45, 2.75) is 95.9 Å². The van der Waals surface area contributed by atoms with E-state index in [1.807, 2.05) is 30.3 Å². The molecule has 41 heavy (non-hydrogen) atoms. The minimum Gasteiger partial charge on any atom is -0.467 e. The summed E-state index contributed by atoms with van der Waals surface area (Å²) in [7, 11) is 1.12. The molecule has 5 atom stereocenters. The van der Waals surface area contributed by atoms with Crippen molar-refractivity contribution in [3.05, 3.63) is 57.9 Å². The largest absolute Gasteiger partial charge is 0.467 e. The number of fused-ring (bicyclic) bond motifs is 1. The van der Waals surface area contributed by atoms with Crippen molar-refractivity contribution in [3.8, 4) is 17.1 Å². The number of unbranched alkanes of at least 4 members (excludes halogenated alkanes) is 4. The Morgan fingerprint density at radius 3 is 2.24 bits per heavy atom. The maximum Gasteiger partial charge on any atom is 0.337 e. The van der Waals surface area contributed by atoms with Crippen LogP contribution < -0.4 is 10.3 Å². The van der Waals surface area contributed by atoms with Gasteiger partial charge in [-0.05, 0) is 61.1 Å². The van der Waals surface area contributed by atoms with E-state index in [1.54, 1.807) is 6.07 Å². The number of H-pyrrole nitrogens is 1. The average Bonchev–Trinajstić information content (AvgIpc) is 2.98. The van der Waals surface area contributed by atoms with Crippen LogP contribution in [0.3, 0.4) is 0 Å². The van der Waals surface area contributed by atoms with E-state index < -0.39 is 36.7 Å². The average molecular weight is 569 g/mol. The fraction of sp³-hybridized carbons (Fsp3) is 0.516. The number of hydrogen-bond donors (Lipinski definition) is 4. The second kappa shape index (κ2) is 14.0. The molecule has 1 aliphatic heterocycles. The first-order valence-corrected chi connectivity index (χ1v) is 14.4. The number of rotatable bonds is 12. The van der Waals surface area contributed by atoms with Crippen molar-refractivity contribution in [1.82, 2.24) is 9.97 Å². The zero-order valence-electron chi connectivity index (χ0n) is 23.8. The van der Waals surface area contributed by atoms with Crippen molar-refractivity contribution < 1.29 is 34.3 Å². The number of nitrogens with zero attached hydrogens (tertiary/aromatic N) is 1. The lowest BCUT2D eigenvalue weighted by Crippen LogP contribution is -2.61. The van der Waals surface area contributed by atoms with Crippen LogP contribution in [0.4, 0.5) is 0 Å². The second-order valence-corrected chi connectivity index (χ2v) is 10.5. The number of ether oxygens (including phenoxy) is 3. The van der Waals surface area contributed by atoms with Crippen molar-refractivity contribution in [3.63, 3.8) is 0 Å². The van der Waals surface area contributed by atoms with Gasteiger partial charge in [0.15, 0.2) is 6.10 Å². The lowest BCUT2D eigenvalue weighted by Gasteiger charge is -2.39. The normalized spacial score (nSPS) is 22.5. The van der Waals surface area contributed by atoms with Gasteiger partial charge in [0.1, 0.15) is 29.9 Å². The van der Waals surface area contributed by atoms with Gasteiger partial charge in [0.25, 0.3) is 5.56 Å². The Balaban J connectivity index is 1.71. The van der Waals surface area contributed by atoms with E-state index in [0.717, 1.165) is 69.6 Å². The van der Waals surface area contributed by atoms with Gasteiger partial charge in [-0.25, -0.2) is 9.78 Å². The fourth-order valence-corrected chi connectivity index (χ4v) is 5.03. The summed E-state index contributed by atoms with van der Waals surface area (Å²) in [5.41, 5.74) is 2.78. The molecule has 0 bridgehead atoms. The summed E-state index contributed by atoms with van der Waals surface area (Å²) >= 11 is 0. The molecule has 0 spiro atoms. The first-order valence-electron chi connectivity index (χ1n) is 14.4. The first kappa shape index (κ1) is 30.6. The summed E-state index contributed by atoms with van der Waals surface area (Å²) in [4.78, 5) is 33.0. The molecular formula is C31H40N2O8. The molecule has 10 nitrogen and oxygen atoms in total. The number of carbonyl (C=O) groups is 1. The number of aromatic nitrogens is 2. The number of aliphatic hydroxyl groups excluding tert-OH is 3. The number of carbonyl (C=O) groups excluding carboxylic acids is 1. The predicted molar refractivity (Wildman–Crippen MR) is 154 cm³/mol. The van der Waals surface area contributed by atoms with Gasteiger partial charge in [0.2, 0.25) is 6.29 Å². The van der Waals surface area contributed by atoms with Gasteiger partial charge in [-0.3, -0.25) is 4.79 Å². The van der Waals surface area contributed by atoms with Gasteiger partial charge in [0, 0.05) is 0 Å². The maximum absolute atomic E-state index is 13.2. The highest BCUT2D eigenvalue weighted by Crippen LogP contribution is 2.33. The number of methoxy groups -OCH3 is 1. The summed E-state index contributed by atoms with van der Waals surface area (Å²) in [5, 5.41) is 31.7. The minimum absolute atomic E-state index is 0.208. The molecule has 10 heteroatoms. The van der Waals surface area contributed by atoms with Gasteiger partial charge in [-0.15, -0.1) is 0 Å². The Morgan fingerprint density at radius 1 is 0.927 bits per heavy atom. The first-order chi connectivity index (χ1) is 19.8. The quantitative estimate of drug-likeness (QED) is 0.190. The molecule has 0 radical (unpaired) electrons. The summed E-state index contributed by atoms with van der Waals surface area (Å²) in [6.45, 7) is 4.28. The number of hydrogen-bond acceptors (Lipinski definition) is 9. The third kappa shape index (κ3) is 7.13. The third-order valence-electron chi connectivity index (χ3n) is 7.45. The molecule has 2 heterocycles. The summed E-state index contributed by atoms with van der Waals surface area (Å²) < 4.78 is 16.2. The number of benzene rings is 2. The zero-order chi connectivity index (χ0) is 29.5. The molecule has 0 unspecified atom stereocenters. The molecule has 0 aliphatic carbocycles. The van der Waals surface area contributed by atoms with Crippen LogP contribution in [0.5, 0.6) is 5.75 Å². The second-order valence-electron chi connectivity index (χ2n) is 10.5. The monoisotopic (exact) mass is 568 g/mol. The highest BCUT2D eigenvalue weighted by atomic mass is 16.7. The Labute approximate surface area is 239 Å². The SMILES string of the molecule is CCCCCc1ccc(O[C@@H]2O[C@H](C(=O)OC)[C@@H](O)[C@H](O)[C@H]2O)c(-c2nc3ccc(CCCCC)cc3c(=O)[nH]2)c1. The minimum atomic E-state index is -1.72. The summed E-state index contributed by atoms with van der Waals surface area (Å²) in [5.74, 6) is -0.443. The van der Waals surface area contributed by atoms with Crippen LogP contribution in [0.2, 0.25) is 0 Å². The molecule has 1 aliphatic rings. The van der Waals surface area contributed by atoms with Crippen molar-refractivity contribution >= 4 is 16.9 Å². The summed E-state index contributed by atoms with van der Waals surface area (Å²) in [6.07, 6.45) is -0.0753. The highest BCUT2D eigenvalue weighted by Gasteiger charge is 2.48. The predicted octanol–water partition coefficient (Wildman–Crippen LogP) is 3.41. The Hall–Kier alpha value is -3.31. The topological polar surface area (TPSA) is 151 Å². The van der Waals surface area contributed by atoms with Crippen molar-refractivity contribution in [2.24, 2.45) is 0 Å². The van der Waals surface area contributed by atoms with E-state index in [0.29, 0.717) is 16.5 Å². The molecule has 1 fully saturated rings. The standard InChI is InChI=1S/C31H40N2O8/c1-4-6-8-10-18-12-14-22-20(16-18)29(37)33-28(32-22)21-17-19(11-9-7-5-2)13-15-23(21)40-31-26(36)24(34)25(35)27(41-31)30(38)39-3/h12-17,24-27,31,34-36H,4-11H2,1-3H3,(H,32,33,37)/t24-,25-,26+,27-,31+/m0/s1. The molecule has 222 valence electrons. The van der Waals surface area contributed by atoms with E-state index in [2.05, 4.69) is 23.6 Å². The van der Waals surface area contributed by atoms with Crippen LogP contribution in [0.15, 0.2) is 41.2 Å². The molecule has 4 rings (SSSR count). The Morgan fingerprint density at radius 2 is 1.59 bits per heavy atom. The molecule has 2 aromatic carbocycles. The highest BCUT2D eigenvalue weighted by molar-refractivity contribution is 5.81. The molecule has 4 N–H and O–H groups in total. The van der Waals surface area contributed by atoms with E-state index in [1.165, 1.54) is 0 Å².